The van der Waals surface area contributed by atoms with Gasteiger partial charge in [0.15, 0.2) is 0 Å². The minimum atomic E-state index is -0.729. The molecule has 0 aliphatic rings. The number of halogens is 2. The van der Waals surface area contributed by atoms with E-state index in [4.69, 9.17) is 33.7 Å². The summed E-state index contributed by atoms with van der Waals surface area (Å²) in [6, 6.07) is 11.3. The first-order valence-electron chi connectivity index (χ1n) is 5.85. The molecule has 0 bridgehead atoms. The molecule has 0 radical (unpaired) electrons. The molecule has 7 heteroatoms. The molecule has 5 nitrogen and oxygen atoms in total. The number of nitrogens with two attached hydrogens (primary N) is 1. The summed E-state index contributed by atoms with van der Waals surface area (Å²) in [5, 5.41) is 4.64. The van der Waals surface area contributed by atoms with E-state index < -0.39 is 6.03 Å². The van der Waals surface area contributed by atoms with Crippen LogP contribution in [0.2, 0.25) is 10.0 Å². The monoisotopic (exact) mass is 323 g/mol. The lowest BCUT2D eigenvalue weighted by Crippen LogP contribution is -2.24. The van der Waals surface area contributed by atoms with E-state index in [1.54, 1.807) is 42.5 Å². The zero-order valence-corrected chi connectivity index (χ0v) is 12.2. The Labute approximate surface area is 131 Å². The highest BCUT2D eigenvalue weighted by Gasteiger charge is 2.02. The lowest BCUT2D eigenvalue weighted by atomic mass is 10.2. The highest BCUT2D eigenvalue weighted by molar-refractivity contribution is 6.34. The summed E-state index contributed by atoms with van der Waals surface area (Å²) in [5.41, 5.74) is 7.75. The van der Waals surface area contributed by atoms with Crippen LogP contribution in [0.25, 0.3) is 0 Å². The second-order valence-electron chi connectivity index (χ2n) is 4.01. The van der Waals surface area contributed by atoms with Gasteiger partial charge in [-0.15, -0.1) is 0 Å². The minimum absolute atomic E-state index is 0.487. The molecule has 0 atom stereocenters. The first-order valence-corrected chi connectivity index (χ1v) is 6.61. The molecular formula is C14H11Cl2N3O2. The van der Waals surface area contributed by atoms with Crippen LogP contribution in [0.15, 0.2) is 47.6 Å². The van der Waals surface area contributed by atoms with E-state index in [0.717, 1.165) is 5.56 Å². The highest BCUT2D eigenvalue weighted by atomic mass is 35.5. The Balaban J connectivity index is 2.13. The van der Waals surface area contributed by atoms with Crippen LogP contribution in [0.1, 0.15) is 5.56 Å². The van der Waals surface area contributed by atoms with E-state index in [9.17, 15) is 4.79 Å². The Morgan fingerprint density at radius 2 is 1.86 bits per heavy atom. The smallest absolute Gasteiger partial charge is 0.332 e. The first kappa shape index (κ1) is 15.2. The van der Waals surface area contributed by atoms with Crippen LogP contribution < -0.4 is 15.9 Å². The van der Waals surface area contributed by atoms with Gasteiger partial charge in [-0.3, -0.25) is 0 Å². The SMILES string of the molecule is NC(=O)NN=Cc1cccc(Oc2cc(Cl)cc(Cl)c2)c1. The number of hydrogen-bond acceptors (Lipinski definition) is 3. The molecule has 2 aromatic rings. The summed E-state index contributed by atoms with van der Waals surface area (Å²) in [5.74, 6) is 1.10. The van der Waals surface area contributed by atoms with Gasteiger partial charge in [-0.2, -0.15) is 5.10 Å². The molecule has 2 aromatic carbocycles. The van der Waals surface area contributed by atoms with Crippen molar-refractivity contribution in [1.82, 2.24) is 5.43 Å². The summed E-state index contributed by atoms with van der Waals surface area (Å²) in [6.07, 6.45) is 1.45. The Morgan fingerprint density at radius 3 is 2.52 bits per heavy atom. The van der Waals surface area contributed by atoms with E-state index in [2.05, 4.69) is 10.5 Å². The fourth-order valence-corrected chi connectivity index (χ4v) is 2.06. The van der Waals surface area contributed by atoms with Gasteiger partial charge >= 0.3 is 6.03 Å². The van der Waals surface area contributed by atoms with Crippen LogP contribution in [0, 0.1) is 0 Å². The fraction of sp³-hybridized carbons (Fsp3) is 0. The van der Waals surface area contributed by atoms with Gasteiger partial charge in [0.05, 0.1) is 6.21 Å². The third-order valence-corrected chi connectivity index (χ3v) is 2.75. The lowest BCUT2D eigenvalue weighted by molar-refractivity contribution is 0.249. The van der Waals surface area contributed by atoms with Gasteiger partial charge < -0.3 is 10.5 Å². The molecule has 0 aliphatic heterocycles. The Bertz CT molecular complexity index is 669. The van der Waals surface area contributed by atoms with Gasteiger partial charge in [-0.05, 0) is 35.9 Å². The van der Waals surface area contributed by atoms with Crippen molar-refractivity contribution in [3.63, 3.8) is 0 Å². The van der Waals surface area contributed by atoms with Gasteiger partial charge in [-0.1, -0.05) is 35.3 Å². The summed E-state index contributed by atoms with van der Waals surface area (Å²) in [6.45, 7) is 0. The van der Waals surface area contributed by atoms with Crippen molar-refractivity contribution in [1.29, 1.82) is 0 Å². The van der Waals surface area contributed by atoms with Crippen molar-refractivity contribution < 1.29 is 9.53 Å². The van der Waals surface area contributed by atoms with Crippen molar-refractivity contribution in [2.45, 2.75) is 0 Å². The van der Waals surface area contributed by atoms with E-state index in [1.807, 2.05) is 0 Å². The number of hydrazone groups is 1. The largest absolute Gasteiger partial charge is 0.457 e. The van der Waals surface area contributed by atoms with Crippen molar-refractivity contribution in [3.8, 4) is 11.5 Å². The molecule has 2 amide bonds. The van der Waals surface area contributed by atoms with Gasteiger partial charge in [0, 0.05) is 10.0 Å². The number of nitrogens with one attached hydrogen (secondary N) is 1. The third-order valence-electron chi connectivity index (χ3n) is 2.32. The van der Waals surface area contributed by atoms with Gasteiger partial charge in [0.1, 0.15) is 11.5 Å². The molecule has 108 valence electrons. The number of primary amides is 1. The van der Waals surface area contributed by atoms with Gasteiger partial charge in [0.25, 0.3) is 0 Å². The molecule has 0 aromatic heterocycles. The predicted molar refractivity (Wildman–Crippen MR) is 83.3 cm³/mol. The van der Waals surface area contributed by atoms with E-state index >= 15 is 0 Å². The Kier molecular flexibility index (Phi) is 5.03. The van der Waals surface area contributed by atoms with Gasteiger partial charge in [0.2, 0.25) is 0 Å². The molecule has 0 spiro atoms. The molecule has 0 saturated heterocycles. The number of benzene rings is 2. The van der Waals surface area contributed by atoms with E-state index in [1.165, 1.54) is 6.21 Å². The summed E-state index contributed by atoms with van der Waals surface area (Å²) < 4.78 is 5.67. The number of carbonyl (C=O) groups is 1. The topological polar surface area (TPSA) is 76.7 Å². The zero-order chi connectivity index (χ0) is 15.2. The molecule has 2 rings (SSSR count). The van der Waals surface area contributed by atoms with E-state index in [0.29, 0.717) is 21.5 Å². The van der Waals surface area contributed by atoms with Crippen molar-refractivity contribution in [3.05, 3.63) is 58.1 Å². The molecule has 0 aliphatic carbocycles. The molecule has 0 unspecified atom stereocenters. The third kappa shape index (κ3) is 4.98. The molecule has 21 heavy (non-hydrogen) atoms. The predicted octanol–water partition coefficient (Wildman–Crippen LogP) is 3.79. The van der Waals surface area contributed by atoms with Crippen molar-refractivity contribution >= 4 is 35.4 Å². The van der Waals surface area contributed by atoms with Crippen molar-refractivity contribution in [2.75, 3.05) is 0 Å². The average molecular weight is 324 g/mol. The molecule has 0 fully saturated rings. The second kappa shape index (κ2) is 6.97. The van der Waals surface area contributed by atoms with Crippen LogP contribution in [0.4, 0.5) is 4.79 Å². The average Bonchev–Trinajstić information content (AvgIpc) is 2.37. The number of nitrogens with zero attached hydrogens (tertiary/aromatic N) is 1. The number of ether oxygens (including phenoxy) is 1. The standard InChI is InChI=1S/C14H11Cl2N3O2/c15-10-5-11(16)7-13(6-10)21-12-3-1-2-9(4-12)8-18-19-14(17)20/h1-8H,(H3,17,19,20). The Morgan fingerprint density at radius 1 is 1.14 bits per heavy atom. The summed E-state index contributed by atoms with van der Waals surface area (Å²) in [7, 11) is 0. The van der Waals surface area contributed by atoms with Crippen LogP contribution in [0.3, 0.4) is 0 Å². The molecule has 3 N–H and O–H groups in total. The van der Waals surface area contributed by atoms with Gasteiger partial charge in [-0.25, -0.2) is 10.2 Å². The maximum Gasteiger partial charge on any atom is 0.332 e. The zero-order valence-electron chi connectivity index (χ0n) is 10.7. The number of hydrogen-bond donors (Lipinski definition) is 2. The second-order valence-corrected chi connectivity index (χ2v) is 4.89. The summed E-state index contributed by atoms with van der Waals surface area (Å²) in [4.78, 5) is 10.5. The maximum atomic E-state index is 10.5. The minimum Gasteiger partial charge on any atom is -0.457 e. The normalized spacial score (nSPS) is 10.6. The summed E-state index contributed by atoms with van der Waals surface area (Å²) >= 11 is 11.8. The van der Waals surface area contributed by atoms with Crippen LogP contribution in [-0.2, 0) is 0 Å². The molecule has 0 saturated carbocycles. The molecule has 0 heterocycles. The van der Waals surface area contributed by atoms with Crippen molar-refractivity contribution in [2.24, 2.45) is 10.8 Å². The highest BCUT2D eigenvalue weighted by Crippen LogP contribution is 2.28. The number of urea groups is 1. The Hall–Kier alpha value is -2.24. The lowest BCUT2D eigenvalue weighted by Gasteiger charge is -2.07. The number of carbonyl (C=O) groups excluding carboxylic acids is 1. The van der Waals surface area contributed by atoms with E-state index in [-0.39, 0.29) is 0 Å². The fourth-order valence-electron chi connectivity index (χ4n) is 1.55. The van der Waals surface area contributed by atoms with Crippen LogP contribution in [0.5, 0.6) is 11.5 Å². The van der Waals surface area contributed by atoms with Crippen LogP contribution in [-0.4, -0.2) is 12.2 Å². The van der Waals surface area contributed by atoms with Crippen LogP contribution >= 0.6 is 23.2 Å². The number of amides is 2. The first-order chi connectivity index (χ1) is 10.0. The molecular weight excluding hydrogens is 313 g/mol. The maximum absolute atomic E-state index is 10.5. The quantitative estimate of drug-likeness (QED) is 0.663. The number of rotatable bonds is 4.